The first-order valence-corrected chi connectivity index (χ1v) is 5.74. The monoisotopic (exact) mass is 250 g/mol. The number of nitrogens with zero attached hydrogens (tertiary/aromatic N) is 4. The molecule has 0 fully saturated rings. The average molecular weight is 250 g/mol. The second-order valence-corrected chi connectivity index (χ2v) is 3.91. The van der Waals surface area contributed by atoms with Gasteiger partial charge in [-0.2, -0.15) is 9.98 Å². The van der Waals surface area contributed by atoms with Crippen molar-refractivity contribution in [3.8, 4) is 0 Å². The summed E-state index contributed by atoms with van der Waals surface area (Å²) < 4.78 is 5.55. The fourth-order valence-electron chi connectivity index (χ4n) is 1.73. The second kappa shape index (κ2) is 4.84. The number of ether oxygens (including phenoxy) is 1. The minimum absolute atomic E-state index is 0.239. The van der Waals surface area contributed by atoms with E-state index in [2.05, 4.69) is 32.4 Å². The van der Waals surface area contributed by atoms with Gasteiger partial charge in [0.25, 0.3) is 0 Å². The highest BCUT2D eigenvalue weighted by Gasteiger charge is 2.09. The Bertz CT molecular complexity index is 780. The molecule has 5 heteroatoms. The van der Waals surface area contributed by atoms with Gasteiger partial charge < -0.3 is 4.74 Å². The van der Waals surface area contributed by atoms with Crippen molar-refractivity contribution in [3.63, 3.8) is 0 Å². The van der Waals surface area contributed by atoms with Crippen LogP contribution in [0.5, 0.6) is 0 Å². The first-order valence-electron chi connectivity index (χ1n) is 5.74. The molecule has 3 heterocycles. The Hall–Kier alpha value is -2.78. The largest absolute Gasteiger partial charge is 0.420 e. The van der Waals surface area contributed by atoms with E-state index in [0.29, 0.717) is 17.8 Å². The van der Waals surface area contributed by atoms with Crippen molar-refractivity contribution < 1.29 is 4.74 Å². The third-order valence-corrected chi connectivity index (χ3v) is 2.61. The van der Waals surface area contributed by atoms with Crippen molar-refractivity contribution in [1.82, 2.24) is 9.97 Å². The third kappa shape index (κ3) is 2.41. The van der Waals surface area contributed by atoms with E-state index in [-0.39, 0.29) is 5.88 Å². The number of aromatic nitrogens is 2. The molecule has 2 aliphatic heterocycles. The van der Waals surface area contributed by atoms with E-state index in [1.54, 1.807) is 12.3 Å². The van der Waals surface area contributed by atoms with Gasteiger partial charge in [0.2, 0.25) is 11.8 Å². The third-order valence-electron chi connectivity index (χ3n) is 2.61. The maximum absolute atomic E-state index is 5.55. The molecule has 3 rings (SSSR count). The van der Waals surface area contributed by atoms with Gasteiger partial charge in [-0.1, -0.05) is 18.2 Å². The summed E-state index contributed by atoms with van der Waals surface area (Å²) in [6.07, 6.45) is 11.3. The molecule has 0 aromatic carbocycles. The van der Waals surface area contributed by atoms with Gasteiger partial charge >= 0.3 is 0 Å². The lowest BCUT2D eigenvalue weighted by Gasteiger charge is -2.05. The van der Waals surface area contributed by atoms with Crippen LogP contribution in [0.1, 0.15) is 6.42 Å². The lowest BCUT2D eigenvalue weighted by atomic mass is 10.1. The van der Waals surface area contributed by atoms with Crippen LogP contribution >= 0.6 is 0 Å². The standard InChI is InChI=1S/C14H10N4O/c1-10-18-13-12(8-15-9-17-13)6-5-11-4-2-3-7-16-14(11)19-10/h2-4,6,8-9H,1,5H2/b12-6-,18-13?. The zero-order valence-corrected chi connectivity index (χ0v) is 10.1. The molecule has 0 aliphatic carbocycles. The summed E-state index contributed by atoms with van der Waals surface area (Å²) in [6.45, 7) is 3.76. The van der Waals surface area contributed by atoms with Gasteiger partial charge in [0.1, 0.15) is 6.33 Å². The van der Waals surface area contributed by atoms with Crippen LogP contribution < -0.4 is 10.7 Å². The highest BCUT2D eigenvalue weighted by atomic mass is 16.5. The van der Waals surface area contributed by atoms with Crippen LogP contribution in [0.25, 0.3) is 6.08 Å². The summed E-state index contributed by atoms with van der Waals surface area (Å²) in [5.41, 5.74) is 1.47. The Morgan fingerprint density at radius 3 is 3.26 bits per heavy atom. The van der Waals surface area contributed by atoms with E-state index in [9.17, 15) is 0 Å². The highest BCUT2D eigenvalue weighted by molar-refractivity contribution is 5.59. The maximum atomic E-state index is 5.55. The summed E-state index contributed by atoms with van der Waals surface area (Å²) in [5.74, 6) is 3.46. The highest BCUT2D eigenvalue weighted by Crippen LogP contribution is 2.18. The molecule has 0 saturated heterocycles. The molecule has 5 nitrogen and oxygen atoms in total. The normalized spacial score (nSPS) is 18.7. The topological polar surface area (TPSA) is 59.7 Å². The Morgan fingerprint density at radius 1 is 1.37 bits per heavy atom. The van der Waals surface area contributed by atoms with Crippen LogP contribution in [-0.2, 0) is 4.74 Å². The molecule has 0 N–H and O–H groups in total. The lowest BCUT2D eigenvalue weighted by Crippen LogP contribution is -2.28. The molecular weight excluding hydrogens is 240 g/mol. The SMILES string of the molecule is C=C1N=c2ncnc/c2=C/CC2=C(N=C=CC=C2)O1. The molecule has 0 atom stereocenters. The van der Waals surface area contributed by atoms with Crippen molar-refractivity contribution in [2.45, 2.75) is 6.42 Å². The molecule has 0 amide bonds. The van der Waals surface area contributed by atoms with Crippen LogP contribution in [0.15, 0.2) is 64.7 Å². The van der Waals surface area contributed by atoms with E-state index in [4.69, 9.17) is 4.74 Å². The minimum Gasteiger partial charge on any atom is -0.420 e. The van der Waals surface area contributed by atoms with Crippen LogP contribution in [-0.4, -0.2) is 15.8 Å². The van der Waals surface area contributed by atoms with Gasteiger partial charge in [-0.3, -0.25) is 0 Å². The molecule has 0 saturated carbocycles. The quantitative estimate of drug-likeness (QED) is 0.683. The summed E-state index contributed by atoms with van der Waals surface area (Å²) in [4.78, 5) is 16.4. The lowest BCUT2D eigenvalue weighted by molar-refractivity contribution is 0.295. The zero-order chi connectivity index (χ0) is 13.1. The van der Waals surface area contributed by atoms with Crippen molar-refractivity contribution in [2.75, 3.05) is 0 Å². The average Bonchev–Trinajstić information content (AvgIpc) is 2.59. The fourth-order valence-corrected chi connectivity index (χ4v) is 1.73. The Morgan fingerprint density at radius 2 is 2.32 bits per heavy atom. The van der Waals surface area contributed by atoms with Crippen molar-refractivity contribution >= 4 is 11.9 Å². The smallest absolute Gasteiger partial charge is 0.232 e. The predicted octanol–water partition coefficient (Wildman–Crippen LogP) is 0.776. The number of hydrogen-bond acceptors (Lipinski definition) is 5. The Labute approximate surface area is 109 Å². The minimum atomic E-state index is 0.239. The predicted molar refractivity (Wildman–Crippen MR) is 70.3 cm³/mol. The van der Waals surface area contributed by atoms with E-state index in [1.165, 1.54) is 6.33 Å². The number of allylic oxidation sites excluding steroid dienone is 4. The number of fused-ring (bicyclic) bond motifs is 1. The molecule has 0 unspecified atom stereocenters. The second-order valence-electron chi connectivity index (χ2n) is 3.91. The molecule has 92 valence electrons. The van der Waals surface area contributed by atoms with Crippen LogP contribution in [0, 0.1) is 0 Å². The molecule has 2 aliphatic rings. The number of aliphatic imine (C=N–C) groups is 1. The van der Waals surface area contributed by atoms with Crippen molar-refractivity contribution in [1.29, 1.82) is 0 Å². The number of rotatable bonds is 0. The zero-order valence-electron chi connectivity index (χ0n) is 10.1. The molecule has 1 aromatic rings. The molecule has 1 aromatic heterocycles. The summed E-state index contributed by atoms with van der Waals surface area (Å²) in [5, 5.41) is 0.843. The van der Waals surface area contributed by atoms with Gasteiger partial charge in [-0.25, -0.2) is 9.97 Å². The Kier molecular flexibility index (Phi) is 2.88. The summed E-state index contributed by atoms with van der Waals surface area (Å²) >= 11 is 0. The molecule has 0 bridgehead atoms. The van der Waals surface area contributed by atoms with E-state index >= 15 is 0 Å². The van der Waals surface area contributed by atoms with E-state index in [0.717, 1.165) is 10.8 Å². The summed E-state index contributed by atoms with van der Waals surface area (Å²) in [6, 6.07) is 0. The van der Waals surface area contributed by atoms with Crippen LogP contribution in [0.3, 0.4) is 0 Å². The molecule has 19 heavy (non-hydrogen) atoms. The van der Waals surface area contributed by atoms with Crippen molar-refractivity contribution in [2.24, 2.45) is 9.98 Å². The molecule has 0 spiro atoms. The van der Waals surface area contributed by atoms with Crippen LogP contribution in [0.2, 0.25) is 0 Å². The van der Waals surface area contributed by atoms with Gasteiger partial charge in [-0.15, -0.1) is 0 Å². The first kappa shape index (κ1) is 11.3. The maximum Gasteiger partial charge on any atom is 0.232 e. The van der Waals surface area contributed by atoms with Gasteiger partial charge in [0, 0.05) is 17.0 Å². The fraction of sp³-hybridized carbons (Fsp3) is 0.0714. The van der Waals surface area contributed by atoms with Gasteiger partial charge in [-0.05, 0) is 24.9 Å². The molecule has 0 radical (unpaired) electrons. The van der Waals surface area contributed by atoms with Gasteiger partial charge in [0.15, 0.2) is 5.49 Å². The van der Waals surface area contributed by atoms with E-state index in [1.807, 2.05) is 18.2 Å². The van der Waals surface area contributed by atoms with Crippen molar-refractivity contribution in [3.05, 3.63) is 65.4 Å². The number of hydrogen-bond donors (Lipinski definition) is 0. The Balaban J connectivity index is 2.18. The first-order chi connectivity index (χ1) is 9.33. The van der Waals surface area contributed by atoms with E-state index < -0.39 is 0 Å². The van der Waals surface area contributed by atoms with Crippen LogP contribution in [0.4, 0.5) is 0 Å². The van der Waals surface area contributed by atoms with Gasteiger partial charge in [0.05, 0.1) is 0 Å². The summed E-state index contributed by atoms with van der Waals surface area (Å²) in [7, 11) is 0. The molecular formula is C14H10N4O.